The summed E-state index contributed by atoms with van der Waals surface area (Å²) in [5.74, 6) is 0.617. The van der Waals surface area contributed by atoms with Crippen molar-refractivity contribution in [2.75, 3.05) is 7.11 Å². The smallest absolute Gasteiger partial charge is 0.251 e. The maximum absolute atomic E-state index is 12.4. The van der Waals surface area contributed by atoms with E-state index in [0.717, 1.165) is 33.1 Å². The average molecular weight is 401 g/mol. The van der Waals surface area contributed by atoms with Crippen molar-refractivity contribution in [2.24, 2.45) is 0 Å². The van der Waals surface area contributed by atoms with E-state index in [-0.39, 0.29) is 5.91 Å². The van der Waals surface area contributed by atoms with E-state index in [1.807, 2.05) is 36.4 Å². The molecule has 5 heteroatoms. The lowest BCUT2D eigenvalue weighted by Crippen LogP contribution is -2.22. The Bertz CT molecular complexity index is 1110. The van der Waals surface area contributed by atoms with Crippen LogP contribution in [0.1, 0.15) is 15.9 Å². The lowest BCUT2D eigenvalue weighted by molar-refractivity contribution is 0.0951. The molecule has 29 heavy (non-hydrogen) atoms. The summed E-state index contributed by atoms with van der Waals surface area (Å²) in [7, 11) is 1.60. The predicted octanol–water partition coefficient (Wildman–Crippen LogP) is 5.42. The lowest BCUT2D eigenvalue weighted by Gasteiger charge is -2.07. The minimum absolute atomic E-state index is 0.112. The Labute approximate surface area is 173 Å². The second kappa shape index (κ2) is 8.71. The second-order valence-electron chi connectivity index (χ2n) is 6.52. The molecule has 1 N–H and O–H groups in total. The molecule has 0 saturated carbocycles. The van der Waals surface area contributed by atoms with Crippen LogP contribution in [-0.4, -0.2) is 18.0 Å². The van der Waals surface area contributed by atoms with Crippen LogP contribution in [0.25, 0.3) is 21.8 Å². The third kappa shape index (κ3) is 4.52. The number of hydrogen-bond acceptors (Lipinski definition) is 4. The van der Waals surface area contributed by atoms with Crippen molar-refractivity contribution < 1.29 is 9.53 Å². The number of benzene rings is 3. The van der Waals surface area contributed by atoms with E-state index in [0.29, 0.717) is 12.1 Å². The molecule has 3 aromatic carbocycles. The number of hydrogen-bond donors (Lipinski definition) is 1. The van der Waals surface area contributed by atoms with Gasteiger partial charge in [0.1, 0.15) is 10.8 Å². The van der Waals surface area contributed by atoms with Crippen LogP contribution in [-0.2, 0) is 6.54 Å². The molecule has 4 rings (SSSR count). The molecular weight excluding hydrogens is 380 g/mol. The standard InChI is InChI=1S/C24H20N2O2S/c1-28-21-12-10-19(11-13-21)23(27)25-15-17-6-5-9-20(14-17)24-26-22(16-29-24)18-7-3-2-4-8-18/h2-14,16H,15H2,1H3,(H,25,27). The Morgan fingerprint density at radius 3 is 2.48 bits per heavy atom. The zero-order chi connectivity index (χ0) is 20.1. The van der Waals surface area contributed by atoms with Crippen molar-refractivity contribution in [3.63, 3.8) is 0 Å². The Kier molecular flexibility index (Phi) is 5.68. The summed E-state index contributed by atoms with van der Waals surface area (Å²) < 4.78 is 5.13. The van der Waals surface area contributed by atoms with Gasteiger partial charge in [-0.1, -0.05) is 48.5 Å². The number of carbonyl (C=O) groups excluding carboxylic acids is 1. The molecule has 0 bridgehead atoms. The number of nitrogens with one attached hydrogen (secondary N) is 1. The van der Waals surface area contributed by atoms with Crippen molar-refractivity contribution in [1.29, 1.82) is 0 Å². The Morgan fingerprint density at radius 1 is 0.966 bits per heavy atom. The van der Waals surface area contributed by atoms with Gasteiger partial charge in [-0.25, -0.2) is 4.98 Å². The van der Waals surface area contributed by atoms with Crippen LogP contribution in [0.4, 0.5) is 0 Å². The zero-order valence-electron chi connectivity index (χ0n) is 16.0. The van der Waals surface area contributed by atoms with Gasteiger partial charge in [-0.3, -0.25) is 4.79 Å². The number of aromatic nitrogens is 1. The molecule has 4 aromatic rings. The molecule has 0 radical (unpaired) electrons. The van der Waals surface area contributed by atoms with E-state index < -0.39 is 0 Å². The molecule has 0 saturated heterocycles. The van der Waals surface area contributed by atoms with Crippen LogP contribution in [0.5, 0.6) is 5.75 Å². The van der Waals surface area contributed by atoms with Crippen molar-refractivity contribution in [3.05, 3.63) is 95.4 Å². The first kappa shape index (κ1) is 18.9. The summed E-state index contributed by atoms with van der Waals surface area (Å²) in [6, 6.07) is 25.3. The number of ether oxygens (including phenoxy) is 1. The van der Waals surface area contributed by atoms with Crippen LogP contribution in [0.2, 0.25) is 0 Å². The SMILES string of the molecule is COc1ccc(C(=O)NCc2cccc(-c3nc(-c4ccccc4)cs3)c2)cc1. The largest absolute Gasteiger partial charge is 0.497 e. The number of nitrogens with zero attached hydrogens (tertiary/aromatic N) is 1. The lowest BCUT2D eigenvalue weighted by atomic mass is 10.1. The third-order valence-corrected chi connectivity index (χ3v) is 5.44. The first-order chi connectivity index (χ1) is 14.2. The molecule has 0 unspecified atom stereocenters. The van der Waals surface area contributed by atoms with Crippen LogP contribution in [0.15, 0.2) is 84.2 Å². The highest BCUT2D eigenvalue weighted by atomic mass is 32.1. The average Bonchev–Trinajstić information content (AvgIpc) is 3.29. The Balaban J connectivity index is 1.45. The van der Waals surface area contributed by atoms with E-state index in [9.17, 15) is 4.79 Å². The summed E-state index contributed by atoms with van der Waals surface area (Å²) in [5, 5.41) is 6.00. The fourth-order valence-electron chi connectivity index (χ4n) is 2.99. The van der Waals surface area contributed by atoms with E-state index >= 15 is 0 Å². The summed E-state index contributed by atoms with van der Waals surface area (Å²) in [5.41, 5.74) is 4.77. The monoisotopic (exact) mass is 400 g/mol. The van der Waals surface area contributed by atoms with Crippen molar-refractivity contribution in [2.45, 2.75) is 6.54 Å². The van der Waals surface area contributed by atoms with Crippen LogP contribution < -0.4 is 10.1 Å². The molecule has 0 atom stereocenters. The first-order valence-corrected chi connectivity index (χ1v) is 10.1. The summed E-state index contributed by atoms with van der Waals surface area (Å²) in [6.07, 6.45) is 0. The van der Waals surface area contributed by atoms with Crippen LogP contribution >= 0.6 is 11.3 Å². The van der Waals surface area contributed by atoms with Gasteiger partial charge < -0.3 is 10.1 Å². The molecule has 0 aliphatic rings. The van der Waals surface area contributed by atoms with Gasteiger partial charge in [0.15, 0.2) is 0 Å². The molecule has 1 aromatic heterocycles. The van der Waals surface area contributed by atoms with Gasteiger partial charge >= 0.3 is 0 Å². The van der Waals surface area contributed by atoms with Crippen molar-refractivity contribution in [1.82, 2.24) is 10.3 Å². The quantitative estimate of drug-likeness (QED) is 0.470. The Hall–Kier alpha value is -3.44. The molecule has 0 aliphatic carbocycles. The first-order valence-electron chi connectivity index (χ1n) is 9.25. The van der Waals surface area contributed by atoms with E-state index in [2.05, 4.69) is 28.9 Å². The normalized spacial score (nSPS) is 10.5. The fourth-order valence-corrected chi connectivity index (χ4v) is 3.82. The van der Waals surface area contributed by atoms with Gasteiger partial charge in [0.25, 0.3) is 5.91 Å². The zero-order valence-corrected chi connectivity index (χ0v) is 16.8. The number of carbonyl (C=O) groups is 1. The molecule has 144 valence electrons. The summed E-state index contributed by atoms with van der Waals surface area (Å²) >= 11 is 1.62. The van der Waals surface area contributed by atoms with Gasteiger partial charge in [-0.2, -0.15) is 0 Å². The van der Waals surface area contributed by atoms with Gasteiger partial charge in [-0.15, -0.1) is 11.3 Å². The van der Waals surface area contributed by atoms with Gasteiger partial charge in [0, 0.05) is 28.6 Å². The molecular formula is C24H20N2O2S. The molecule has 0 aliphatic heterocycles. The molecule has 0 fully saturated rings. The topological polar surface area (TPSA) is 51.2 Å². The maximum atomic E-state index is 12.4. The van der Waals surface area contributed by atoms with Gasteiger partial charge in [0.2, 0.25) is 0 Å². The predicted molar refractivity (Wildman–Crippen MR) is 117 cm³/mol. The summed E-state index contributed by atoms with van der Waals surface area (Å²) in [6.45, 7) is 0.454. The number of amides is 1. The number of rotatable bonds is 6. The minimum atomic E-state index is -0.112. The molecule has 0 spiro atoms. The second-order valence-corrected chi connectivity index (χ2v) is 7.37. The minimum Gasteiger partial charge on any atom is -0.497 e. The van der Waals surface area contributed by atoms with Crippen molar-refractivity contribution >= 4 is 17.2 Å². The highest BCUT2D eigenvalue weighted by Gasteiger charge is 2.09. The van der Waals surface area contributed by atoms with Gasteiger partial charge in [-0.05, 0) is 35.9 Å². The summed E-state index contributed by atoms with van der Waals surface area (Å²) in [4.78, 5) is 17.1. The van der Waals surface area contributed by atoms with E-state index in [1.54, 1.807) is 42.7 Å². The number of methoxy groups -OCH3 is 1. The van der Waals surface area contributed by atoms with E-state index in [1.165, 1.54) is 0 Å². The molecule has 1 amide bonds. The third-order valence-electron chi connectivity index (χ3n) is 4.55. The van der Waals surface area contributed by atoms with Crippen LogP contribution in [0.3, 0.4) is 0 Å². The fraction of sp³-hybridized carbons (Fsp3) is 0.0833. The van der Waals surface area contributed by atoms with Crippen LogP contribution in [0, 0.1) is 0 Å². The number of thiazole rings is 1. The van der Waals surface area contributed by atoms with Gasteiger partial charge in [0.05, 0.1) is 12.8 Å². The highest BCUT2D eigenvalue weighted by Crippen LogP contribution is 2.29. The molecule has 4 nitrogen and oxygen atoms in total. The van der Waals surface area contributed by atoms with Crippen molar-refractivity contribution in [3.8, 4) is 27.6 Å². The Morgan fingerprint density at radius 2 is 1.72 bits per heavy atom. The highest BCUT2D eigenvalue weighted by molar-refractivity contribution is 7.13. The van der Waals surface area contributed by atoms with E-state index in [4.69, 9.17) is 9.72 Å². The molecule has 1 heterocycles. The maximum Gasteiger partial charge on any atom is 0.251 e.